The number of hydrogen-bond donors (Lipinski definition) is 2. The summed E-state index contributed by atoms with van der Waals surface area (Å²) >= 11 is 7.24. The first kappa shape index (κ1) is 15.0. The third-order valence-corrected chi connectivity index (χ3v) is 4.16. The van der Waals surface area contributed by atoms with Gasteiger partial charge in [-0.05, 0) is 31.5 Å². The molecule has 1 aromatic heterocycles. The predicted octanol–water partition coefficient (Wildman–Crippen LogP) is 3.31. The number of nitrogens with one attached hydrogen (secondary N) is 1. The van der Waals surface area contributed by atoms with Crippen LogP contribution in [0.25, 0.3) is 0 Å². The highest BCUT2D eigenvalue weighted by Gasteiger charge is 2.15. The Kier molecular flexibility index (Phi) is 4.75. The van der Waals surface area contributed by atoms with Crippen LogP contribution in [0.4, 0.5) is 0 Å². The van der Waals surface area contributed by atoms with Crippen molar-refractivity contribution in [2.75, 3.05) is 0 Å². The fourth-order valence-corrected chi connectivity index (χ4v) is 2.59. The SMILES string of the molecule is CC(N)c1nc(C(=O)N[C@H](C)c2ccc(Cl)cc2)cs1. The molecule has 2 aromatic rings. The van der Waals surface area contributed by atoms with Gasteiger partial charge in [0.25, 0.3) is 5.91 Å². The van der Waals surface area contributed by atoms with Gasteiger partial charge in [-0.15, -0.1) is 11.3 Å². The molecule has 3 N–H and O–H groups in total. The van der Waals surface area contributed by atoms with Crippen molar-refractivity contribution in [3.05, 3.63) is 50.9 Å². The van der Waals surface area contributed by atoms with Gasteiger partial charge in [0.2, 0.25) is 0 Å². The van der Waals surface area contributed by atoms with Gasteiger partial charge in [-0.1, -0.05) is 23.7 Å². The lowest BCUT2D eigenvalue weighted by Gasteiger charge is -2.13. The molecule has 0 spiro atoms. The Morgan fingerprint density at radius 3 is 2.55 bits per heavy atom. The summed E-state index contributed by atoms with van der Waals surface area (Å²) < 4.78 is 0. The number of amides is 1. The third kappa shape index (κ3) is 3.56. The number of hydrogen-bond acceptors (Lipinski definition) is 4. The van der Waals surface area contributed by atoms with E-state index in [9.17, 15) is 4.79 Å². The monoisotopic (exact) mass is 309 g/mol. The minimum absolute atomic E-state index is 0.111. The van der Waals surface area contributed by atoms with E-state index in [1.165, 1.54) is 11.3 Å². The first-order chi connectivity index (χ1) is 9.47. The molecule has 0 bridgehead atoms. The Morgan fingerprint density at radius 2 is 2.00 bits per heavy atom. The van der Waals surface area contributed by atoms with Crippen molar-refractivity contribution < 1.29 is 4.79 Å². The first-order valence-corrected chi connectivity index (χ1v) is 7.50. The van der Waals surface area contributed by atoms with Gasteiger partial charge in [0, 0.05) is 10.4 Å². The van der Waals surface area contributed by atoms with Crippen LogP contribution in [-0.2, 0) is 0 Å². The van der Waals surface area contributed by atoms with Crippen molar-refractivity contribution in [3.8, 4) is 0 Å². The van der Waals surface area contributed by atoms with E-state index in [1.54, 1.807) is 17.5 Å². The van der Waals surface area contributed by atoms with Gasteiger partial charge in [-0.2, -0.15) is 0 Å². The number of aromatic nitrogens is 1. The lowest BCUT2D eigenvalue weighted by atomic mass is 10.1. The molecule has 2 rings (SSSR count). The van der Waals surface area contributed by atoms with E-state index < -0.39 is 0 Å². The normalized spacial score (nSPS) is 13.8. The van der Waals surface area contributed by atoms with Crippen molar-refractivity contribution in [1.82, 2.24) is 10.3 Å². The lowest BCUT2D eigenvalue weighted by Crippen LogP contribution is -2.27. The molecular weight excluding hydrogens is 294 g/mol. The summed E-state index contributed by atoms with van der Waals surface area (Å²) in [6.45, 7) is 3.76. The highest BCUT2D eigenvalue weighted by atomic mass is 35.5. The highest BCUT2D eigenvalue weighted by Crippen LogP contribution is 2.18. The number of halogens is 1. The van der Waals surface area contributed by atoms with Crippen molar-refractivity contribution in [3.63, 3.8) is 0 Å². The zero-order valence-corrected chi connectivity index (χ0v) is 12.8. The summed E-state index contributed by atoms with van der Waals surface area (Å²) in [6.07, 6.45) is 0. The molecule has 0 fully saturated rings. The van der Waals surface area contributed by atoms with Crippen LogP contribution in [0.5, 0.6) is 0 Å². The van der Waals surface area contributed by atoms with E-state index in [-0.39, 0.29) is 18.0 Å². The average molecular weight is 310 g/mol. The molecule has 4 nitrogen and oxygen atoms in total. The lowest BCUT2D eigenvalue weighted by molar-refractivity contribution is 0.0935. The van der Waals surface area contributed by atoms with Gasteiger partial charge in [-0.25, -0.2) is 4.98 Å². The predicted molar refractivity (Wildman–Crippen MR) is 82.0 cm³/mol. The molecule has 2 atom stereocenters. The van der Waals surface area contributed by atoms with Crippen LogP contribution in [-0.4, -0.2) is 10.9 Å². The number of nitrogens with two attached hydrogens (primary N) is 1. The topological polar surface area (TPSA) is 68.0 Å². The van der Waals surface area contributed by atoms with Crippen LogP contribution in [0, 0.1) is 0 Å². The maximum absolute atomic E-state index is 12.1. The van der Waals surface area contributed by atoms with Gasteiger partial charge >= 0.3 is 0 Å². The van der Waals surface area contributed by atoms with Crippen LogP contribution < -0.4 is 11.1 Å². The Morgan fingerprint density at radius 1 is 1.35 bits per heavy atom. The van der Waals surface area contributed by atoms with E-state index in [0.29, 0.717) is 10.7 Å². The van der Waals surface area contributed by atoms with Crippen molar-refractivity contribution >= 4 is 28.8 Å². The number of carbonyl (C=O) groups excluding carboxylic acids is 1. The second kappa shape index (κ2) is 6.35. The summed E-state index contributed by atoms with van der Waals surface area (Å²) in [4.78, 5) is 16.3. The number of thiazole rings is 1. The molecule has 0 aliphatic heterocycles. The molecule has 20 heavy (non-hydrogen) atoms. The molecule has 1 aromatic carbocycles. The van der Waals surface area contributed by atoms with Crippen LogP contribution in [0.2, 0.25) is 5.02 Å². The van der Waals surface area contributed by atoms with E-state index >= 15 is 0 Å². The highest BCUT2D eigenvalue weighted by molar-refractivity contribution is 7.09. The minimum atomic E-state index is -0.199. The molecule has 106 valence electrons. The van der Waals surface area contributed by atoms with E-state index in [1.807, 2.05) is 26.0 Å². The maximum Gasteiger partial charge on any atom is 0.271 e. The number of benzene rings is 1. The molecule has 1 heterocycles. The number of rotatable bonds is 4. The Hall–Kier alpha value is -1.43. The quantitative estimate of drug-likeness (QED) is 0.910. The minimum Gasteiger partial charge on any atom is -0.344 e. The third-order valence-electron chi connectivity index (χ3n) is 2.86. The largest absolute Gasteiger partial charge is 0.344 e. The Balaban J connectivity index is 2.04. The Labute approximate surface area is 127 Å². The summed E-state index contributed by atoms with van der Waals surface area (Å²) in [6, 6.07) is 7.12. The smallest absolute Gasteiger partial charge is 0.271 e. The number of nitrogens with zero attached hydrogens (tertiary/aromatic N) is 1. The second-order valence-corrected chi connectivity index (χ2v) is 5.93. The van der Waals surface area contributed by atoms with Crippen molar-refractivity contribution in [2.24, 2.45) is 5.73 Å². The fraction of sp³-hybridized carbons (Fsp3) is 0.286. The van der Waals surface area contributed by atoms with Crippen LogP contribution in [0.15, 0.2) is 29.6 Å². The summed E-state index contributed by atoms with van der Waals surface area (Å²) in [5, 5.41) is 6.06. The Bertz CT molecular complexity index is 595. The molecule has 0 aliphatic carbocycles. The molecule has 0 radical (unpaired) electrons. The van der Waals surface area contributed by atoms with Crippen LogP contribution >= 0.6 is 22.9 Å². The molecule has 6 heteroatoms. The van der Waals surface area contributed by atoms with E-state index in [0.717, 1.165) is 10.6 Å². The van der Waals surface area contributed by atoms with Crippen LogP contribution in [0.3, 0.4) is 0 Å². The molecule has 0 saturated carbocycles. The van der Waals surface area contributed by atoms with Gasteiger partial charge in [0.15, 0.2) is 0 Å². The van der Waals surface area contributed by atoms with Crippen LogP contribution in [0.1, 0.15) is 47.0 Å². The average Bonchev–Trinajstić information content (AvgIpc) is 2.89. The van der Waals surface area contributed by atoms with E-state index in [2.05, 4.69) is 10.3 Å². The van der Waals surface area contributed by atoms with Gasteiger partial charge < -0.3 is 11.1 Å². The molecule has 1 amide bonds. The standard InChI is InChI=1S/C14H16ClN3OS/c1-8(16)14-18-12(7-20-14)13(19)17-9(2)10-3-5-11(15)6-4-10/h3-9H,16H2,1-2H3,(H,17,19)/t8?,9-/m1/s1. The first-order valence-electron chi connectivity index (χ1n) is 6.24. The maximum atomic E-state index is 12.1. The van der Waals surface area contributed by atoms with Crippen molar-refractivity contribution in [2.45, 2.75) is 25.9 Å². The van der Waals surface area contributed by atoms with Crippen molar-refractivity contribution in [1.29, 1.82) is 0 Å². The molecule has 1 unspecified atom stereocenters. The zero-order valence-electron chi connectivity index (χ0n) is 11.3. The molecular formula is C14H16ClN3OS. The van der Waals surface area contributed by atoms with Gasteiger partial charge in [0.05, 0.1) is 12.1 Å². The van der Waals surface area contributed by atoms with E-state index in [4.69, 9.17) is 17.3 Å². The summed E-state index contributed by atoms with van der Waals surface area (Å²) in [5.41, 5.74) is 7.13. The second-order valence-electron chi connectivity index (χ2n) is 4.61. The summed E-state index contributed by atoms with van der Waals surface area (Å²) in [7, 11) is 0. The zero-order chi connectivity index (χ0) is 14.7. The van der Waals surface area contributed by atoms with Gasteiger partial charge in [-0.3, -0.25) is 4.79 Å². The van der Waals surface area contributed by atoms with Gasteiger partial charge in [0.1, 0.15) is 10.7 Å². The number of carbonyl (C=O) groups is 1. The summed E-state index contributed by atoms with van der Waals surface area (Å²) in [5.74, 6) is -0.199. The molecule has 0 aliphatic rings. The fourth-order valence-electron chi connectivity index (χ4n) is 1.71. The molecule has 0 saturated heterocycles.